The van der Waals surface area contributed by atoms with Gasteiger partial charge in [-0.3, -0.25) is 11.3 Å². The molecule has 1 aliphatic rings. The first kappa shape index (κ1) is 11.6. The standard InChI is InChI=1S/C14H22N2/c1-9-5-6-11(7-10(9)2)13(16-15)12-8-14(12,3)4/h5-7,12-13,16H,8,15H2,1-4H3. The van der Waals surface area contributed by atoms with Gasteiger partial charge in [0.25, 0.3) is 0 Å². The van der Waals surface area contributed by atoms with E-state index >= 15 is 0 Å². The van der Waals surface area contributed by atoms with E-state index < -0.39 is 0 Å². The lowest BCUT2D eigenvalue weighted by atomic mass is 9.95. The van der Waals surface area contributed by atoms with E-state index in [-0.39, 0.29) is 0 Å². The Morgan fingerprint density at radius 3 is 2.38 bits per heavy atom. The van der Waals surface area contributed by atoms with Crippen LogP contribution >= 0.6 is 0 Å². The zero-order chi connectivity index (χ0) is 11.9. The van der Waals surface area contributed by atoms with Crippen LogP contribution in [0.1, 0.15) is 43.0 Å². The van der Waals surface area contributed by atoms with Crippen LogP contribution in [0.2, 0.25) is 0 Å². The van der Waals surface area contributed by atoms with Crippen LogP contribution in [0, 0.1) is 25.2 Å². The number of nitrogens with two attached hydrogens (primary N) is 1. The maximum Gasteiger partial charge on any atom is 0.0493 e. The largest absolute Gasteiger partial charge is 0.271 e. The molecule has 0 saturated heterocycles. The molecule has 2 rings (SSSR count). The molecule has 0 aromatic heterocycles. The molecule has 0 heterocycles. The fraction of sp³-hybridized carbons (Fsp3) is 0.571. The van der Waals surface area contributed by atoms with Crippen molar-refractivity contribution in [1.82, 2.24) is 5.43 Å². The van der Waals surface area contributed by atoms with Crippen molar-refractivity contribution in [3.8, 4) is 0 Å². The molecule has 1 aromatic carbocycles. The van der Waals surface area contributed by atoms with E-state index in [0.717, 1.165) is 0 Å². The highest BCUT2D eigenvalue weighted by Crippen LogP contribution is 2.57. The Morgan fingerprint density at radius 1 is 1.31 bits per heavy atom. The fourth-order valence-electron chi connectivity index (χ4n) is 2.48. The lowest BCUT2D eigenvalue weighted by molar-refractivity contribution is 0.423. The second kappa shape index (κ2) is 3.86. The molecule has 2 atom stereocenters. The smallest absolute Gasteiger partial charge is 0.0493 e. The zero-order valence-corrected chi connectivity index (χ0v) is 10.7. The maximum absolute atomic E-state index is 5.70. The van der Waals surface area contributed by atoms with Gasteiger partial charge in [-0.15, -0.1) is 0 Å². The molecule has 0 bridgehead atoms. The Morgan fingerprint density at radius 2 is 1.94 bits per heavy atom. The van der Waals surface area contributed by atoms with Crippen LogP contribution in [0.5, 0.6) is 0 Å². The van der Waals surface area contributed by atoms with Gasteiger partial charge in [-0.2, -0.15) is 0 Å². The van der Waals surface area contributed by atoms with Crippen LogP contribution < -0.4 is 11.3 Å². The van der Waals surface area contributed by atoms with Gasteiger partial charge in [0.1, 0.15) is 0 Å². The van der Waals surface area contributed by atoms with Crippen LogP contribution in [0.4, 0.5) is 0 Å². The molecule has 0 amide bonds. The van der Waals surface area contributed by atoms with Gasteiger partial charge in [0.15, 0.2) is 0 Å². The summed E-state index contributed by atoms with van der Waals surface area (Å²) in [5.74, 6) is 6.37. The number of rotatable bonds is 3. The lowest BCUT2D eigenvalue weighted by Crippen LogP contribution is -2.30. The average Bonchev–Trinajstić information content (AvgIpc) is 2.82. The van der Waals surface area contributed by atoms with Gasteiger partial charge in [0.05, 0.1) is 0 Å². The third-order valence-electron chi connectivity index (χ3n) is 4.06. The predicted molar refractivity (Wildman–Crippen MR) is 67.9 cm³/mol. The number of nitrogens with one attached hydrogen (secondary N) is 1. The quantitative estimate of drug-likeness (QED) is 0.605. The molecule has 2 unspecified atom stereocenters. The Kier molecular flexibility index (Phi) is 2.81. The van der Waals surface area contributed by atoms with Crippen LogP contribution in [0.15, 0.2) is 18.2 Å². The van der Waals surface area contributed by atoms with E-state index in [2.05, 4.69) is 51.3 Å². The van der Waals surface area contributed by atoms with Crippen LogP contribution in [0.3, 0.4) is 0 Å². The Labute approximate surface area is 98.2 Å². The second-order valence-corrected chi connectivity index (χ2v) is 5.79. The third kappa shape index (κ3) is 2.00. The van der Waals surface area contributed by atoms with Gasteiger partial charge in [0, 0.05) is 6.04 Å². The minimum Gasteiger partial charge on any atom is -0.271 e. The van der Waals surface area contributed by atoms with Gasteiger partial charge in [-0.1, -0.05) is 32.0 Å². The van der Waals surface area contributed by atoms with E-state index in [1.165, 1.54) is 23.1 Å². The molecule has 1 aromatic rings. The molecular weight excluding hydrogens is 196 g/mol. The van der Waals surface area contributed by atoms with Crippen molar-refractivity contribution in [3.05, 3.63) is 34.9 Å². The van der Waals surface area contributed by atoms with E-state index in [1.54, 1.807) is 0 Å². The average molecular weight is 218 g/mol. The Hall–Kier alpha value is -0.860. The van der Waals surface area contributed by atoms with E-state index in [0.29, 0.717) is 17.4 Å². The van der Waals surface area contributed by atoms with Crippen molar-refractivity contribution in [2.75, 3.05) is 0 Å². The minimum atomic E-state index is 0.300. The summed E-state index contributed by atoms with van der Waals surface area (Å²) in [6, 6.07) is 6.94. The first-order valence-corrected chi connectivity index (χ1v) is 5.99. The Bertz CT molecular complexity index is 396. The molecule has 2 nitrogen and oxygen atoms in total. The SMILES string of the molecule is Cc1ccc(C(NN)C2CC2(C)C)cc1C. The molecule has 88 valence electrons. The summed E-state index contributed by atoms with van der Waals surface area (Å²) >= 11 is 0. The molecule has 1 fully saturated rings. The fourth-order valence-corrected chi connectivity index (χ4v) is 2.48. The molecule has 1 aliphatic carbocycles. The molecule has 0 aliphatic heterocycles. The van der Waals surface area contributed by atoms with Gasteiger partial charge >= 0.3 is 0 Å². The van der Waals surface area contributed by atoms with Gasteiger partial charge in [-0.05, 0) is 48.3 Å². The van der Waals surface area contributed by atoms with Gasteiger partial charge < -0.3 is 0 Å². The van der Waals surface area contributed by atoms with Crippen LogP contribution in [0.25, 0.3) is 0 Å². The first-order chi connectivity index (χ1) is 7.45. The normalized spacial score (nSPS) is 24.2. The molecule has 1 saturated carbocycles. The monoisotopic (exact) mass is 218 g/mol. The highest BCUT2D eigenvalue weighted by atomic mass is 15.2. The van der Waals surface area contributed by atoms with Crippen LogP contribution in [-0.2, 0) is 0 Å². The molecule has 2 heteroatoms. The van der Waals surface area contributed by atoms with E-state index in [4.69, 9.17) is 5.84 Å². The summed E-state index contributed by atoms with van der Waals surface area (Å²) in [6.45, 7) is 8.92. The van der Waals surface area contributed by atoms with Crippen molar-refractivity contribution >= 4 is 0 Å². The first-order valence-electron chi connectivity index (χ1n) is 5.99. The zero-order valence-electron chi connectivity index (χ0n) is 10.7. The summed E-state index contributed by atoms with van der Waals surface area (Å²) in [5, 5.41) is 0. The van der Waals surface area contributed by atoms with Crippen molar-refractivity contribution in [2.45, 2.75) is 40.2 Å². The maximum atomic E-state index is 5.70. The lowest BCUT2D eigenvalue weighted by Gasteiger charge is -2.19. The molecule has 0 radical (unpaired) electrons. The van der Waals surface area contributed by atoms with Crippen molar-refractivity contribution in [1.29, 1.82) is 0 Å². The third-order valence-corrected chi connectivity index (χ3v) is 4.06. The summed E-state index contributed by atoms with van der Waals surface area (Å²) in [4.78, 5) is 0. The summed E-state index contributed by atoms with van der Waals surface area (Å²) < 4.78 is 0. The predicted octanol–water partition coefficient (Wildman–Crippen LogP) is 2.85. The minimum absolute atomic E-state index is 0.300. The molecule has 0 spiro atoms. The highest BCUT2D eigenvalue weighted by Gasteiger charge is 2.50. The van der Waals surface area contributed by atoms with E-state index in [9.17, 15) is 0 Å². The van der Waals surface area contributed by atoms with Crippen molar-refractivity contribution < 1.29 is 0 Å². The molecule has 16 heavy (non-hydrogen) atoms. The summed E-state index contributed by atoms with van der Waals surface area (Å²) in [5.41, 5.74) is 7.43. The number of benzene rings is 1. The number of hydrogen-bond donors (Lipinski definition) is 2. The number of aryl methyl sites for hydroxylation is 2. The number of hydrogen-bond acceptors (Lipinski definition) is 2. The molecule has 3 N–H and O–H groups in total. The Balaban J connectivity index is 2.24. The van der Waals surface area contributed by atoms with Crippen molar-refractivity contribution in [3.63, 3.8) is 0 Å². The molecular formula is C14H22N2. The summed E-state index contributed by atoms with van der Waals surface area (Å²) in [6.07, 6.45) is 1.26. The van der Waals surface area contributed by atoms with Gasteiger partial charge in [-0.25, -0.2) is 0 Å². The number of hydrazine groups is 1. The second-order valence-electron chi connectivity index (χ2n) is 5.79. The van der Waals surface area contributed by atoms with Crippen LogP contribution in [-0.4, -0.2) is 0 Å². The summed E-state index contributed by atoms with van der Waals surface area (Å²) in [7, 11) is 0. The van der Waals surface area contributed by atoms with Crippen molar-refractivity contribution in [2.24, 2.45) is 17.2 Å². The van der Waals surface area contributed by atoms with Gasteiger partial charge in [0.2, 0.25) is 0 Å². The highest BCUT2D eigenvalue weighted by molar-refractivity contribution is 5.33. The topological polar surface area (TPSA) is 38.0 Å². The van der Waals surface area contributed by atoms with E-state index in [1.807, 2.05) is 0 Å².